The van der Waals surface area contributed by atoms with Gasteiger partial charge in [-0.25, -0.2) is 19.9 Å². The second-order valence-electron chi connectivity index (χ2n) is 16.7. The normalized spacial score (nSPS) is 11.5. The van der Waals surface area contributed by atoms with Crippen LogP contribution in [0.25, 0.3) is 127 Å². The third-order valence-corrected chi connectivity index (χ3v) is 13.9. The van der Waals surface area contributed by atoms with Gasteiger partial charge in [0.25, 0.3) is 0 Å². The van der Waals surface area contributed by atoms with Crippen molar-refractivity contribution in [1.29, 1.82) is 0 Å². The molecule has 0 fully saturated rings. The number of thiophene rings is 1. The number of aromatic nitrogens is 7. The Morgan fingerprint density at radius 2 is 0.882 bits per heavy atom. The van der Waals surface area contributed by atoms with Crippen molar-refractivity contribution < 1.29 is 0 Å². The number of fused-ring (bicyclic) bond motifs is 6. The number of nitrogens with zero attached hydrogens (tertiary/aromatic N) is 7. The fourth-order valence-corrected chi connectivity index (χ4v) is 10.8. The van der Waals surface area contributed by atoms with Crippen LogP contribution < -0.4 is 0 Å². The molecule has 0 aliphatic rings. The van der Waals surface area contributed by atoms with Gasteiger partial charge in [-0.15, -0.1) is 11.3 Å². The van der Waals surface area contributed by atoms with E-state index in [0.29, 0.717) is 17.5 Å². The minimum atomic E-state index is 0.608. The van der Waals surface area contributed by atoms with Gasteiger partial charge in [0.2, 0.25) is 0 Å². The molecule has 0 N–H and O–H groups in total. The van der Waals surface area contributed by atoms with Crippen molar-refractivity contribution in [2.45, 2.75) is 0 Å². The van der Waals surface area contributed by atoms with E-state index in [1.165, 1.54) is 16.2 Å². The Balaban J connectivity index is 0.872. The molecule has 0 amide bonds. The Labute approximate surface area is 395 Å². The smallest absolute Gasteiger partial charge is 0.164 e. The lowest BCUT2D eigenvalue weighted by molar-refractivity contribution is 1.07. The van der Waals surface area contributed by atoms with E-state index in [2.05, 4.69) is 172 Å². The second-order valence-corrected chi connectivity index (χ2v) is 17.7. The van der Waals surface area contributed by atoms with Gasteiger partial charge in [-0.2, -0.15) is 0 Å². The van der Waals surface area contributed by atoms with Gasteiger partial charge in [-0.05, 0) is 53.6 Å². The number of benzene rings is 7. The first kappa shape index (κ1) is 39.4. The third-order valence-electron chi connectivity index (χ3n) is 12.6. The van der Waals surface area contributed by atoms with Crippen LogP contribution in [0.4, 0.5) is 0 Å². The van der Waals surface area contributed by atoms with E-state index in [-0.39, 0.29) is 0 Å². The summed E-state index contributed by atoms with van der Waals surface area (Å²) in [5.41, 5.74) is 14.5. The summed E-state index contributed by atoms with van der Waals surface area (Å²) < 4.78 is 3.45. The van der Waals surface area contributed by atoms with Gasteiger partial charge < -0.3 is 4.57 Å². The lowest BCUT2D eigenvalue weighted by Gasteiger charge is -2.12. The van der Waals surface area contributed by atoms with Gasteiger partial charge in [0.05, 0.1) is 26.9 Å². The molecule has 0 unspecified atom stereocenters. The van der Waals surface area contributed by atoms with Crippen LogP contribution in [0.3, 0.4) is 0 Å². The first-order chi connectivity index (χ1) is 33.7. The van der Waals surface area contributed by atoms with Crippen molar-refractivity contribution >= 4 is 54.1 Å². The van der Waals surface area contributed by atoms with E-state index < -0.39 is 0 Å². The van der Waals surface area contributed by atoms with Crippen LogP contribution in [-0.2, 0) is 0 Å². The molecular formula is C60H37N7S. The van der Waals surface area contributed by atoms with E-state index in [4.69, 9.17) is 19.9 Å². The lowest BCUT2D eigenvalue weighted by atomic mass is 9.96. The molecule has 0 saturated heterocycles. The molecule has 13 aromatic rings. The highest BCUT2D eigenvalue weighted by Gasteiger charge is 2.23. The molecule has 6 aromatic heterocycles. The van der Waals surface area contributed by atoms with Crippen LogP contribution in [0.5, 0.6) is 0 Å². The molecule has 7 aromatic carbocycles. The highest BCUT2D eigenvalue weighted by molar-refractivity contribution is 7.23. The zero-order valence-electron chi connectivity index (χ0n) is 36.4. The molecule has 0 aliphatic carbocycles. The highest BCUT2D eigenvalue weighted by Crippen LogP contribution is 2.49. The van der Waals surface area contributed by atoms with Gasteiger partial charge in [0.15, 0.2) is 17.5 Å². The summed E-state index contributed by atoms with van der Waals surface area (Å²) in [6, 6.07) is 69.6. The van der Waals surface area contributed by atoms with Crippen LogP contribution in [0.2, 0.25) is 0 Å². The summed E-state index contributed by atoms with van der Waals surface area (Å²) in [5.74, 6) is 1.84. The highest BCUT2D eigenvalue weighted by atomic mass is 32.1. The van der Waals surface area contributed by atoms with Gasteiger partial charge in [0.1, 0.15) is 0 Å². The minimum Gasteiger partial charge on any atom is -0.309 e. The number of hydrogen-bond donors (Lipinski definition) is 0. The average molecular weight is 888 g/mol. The van der Waals surface area contributed by atoms with Crippen LogP contribution in [0.15, 0.2) is 225 Å². The molecule has 0 aliphatic heterocycles. The van der Waals surface area contributed by atoms with E-state index in [1.54, 1.807) is 11.3 Å². The first-order valence-corrected chi connectivity index (χ1v) is 23.3. The molecule has 0 spiro atoms. The van der Waals surface area contributed by atoms with Crippen molar-refractivity contribution in [1.82, 2.24) is 34.5 Å². The Hall–Kier alpha value is -8.98. The maximum Gasteiger partial charge on any atom is 0.164 e. The molecule has 13 rings (SSSR count). The zero-order chi connectivity index (χ0) is 45.0. The fourth-order valence-electron chi connectivity index (χ4n) is 9.46. The minimum absolute atomic E-state index is 0.608. The van der Waals surface area contributed by atoms with E-state index in [9.17, 15) is 0 Å². The molecule has 8 heteroatoms. The topological polar surface area (TPSA) is 82.3 Å². The van der Waals surface area contributed by atoms with Gasteiger partial charge in [-0.1, -0.05) is 158 Å². The lowest BCUT2D eigenvalue weighted by Crippen LogP contribution is -2.01. The third kappa shape index (κ3) is 6.82. The molecule has 6 heterocycles. The van der Waals surface area contributed by atoms with Gasteiger partial charge in [-0.3, -0.25) is 9.97 Å². The van der Waals surface area contributed by atoms with E-state index >= 15 is 0 Å². The molecular weight excluding hydrogens is 851 g/mol. The largest absolute Gasteiger partial charge is 0.309 e. The quantitative estimate of drug-likeness (QED) is 0.151. The Morgan fingerprint density at radius 1 is 0.368 bits per heavy atom. The van der Waals surface area contributed by atoms with Crippen LogP contribution in [0.1, 0.15) is 0 Å². The maximum absolute atomic E-state index is 5.32. The van der Waals surface area contributed by atoms with E-state index in [1.807, 2.05) is 67.3 Å². The van der Waals surface area contributed by atoms with Crippen LogP contribution in [-0.4, -0.2) is 34.5 Å². The molecule has 0 atom stereocenters. The molecule has 7 nitrogen and oxygen atoms in total. The summed E-state index contributed by atoms with van der Waals surface area (Å²) in [6.07, 6.45) is 7.53. The summed E-state index contributed by atoms with van der Waals surface area (Å²) in [4.78, 5) is 30.8. The van der Waals surface area contributed by atoms with Crippen LogP contribution in [0, 0.1) is 0 Å². The summed E-state index contributed by atoms with van der Waals surface area (Å²) in [7, 11) is 0. The Morgan fingerprint density at radius 3 is 1.53 bits per heavy atom. The Bertz CT molecular complexity index is 3950. The summed E-state index contributed by atoms with van der Waals surface area (Å²) in [5, 5.41) is 4.72. The van der Waals surface area contributed by atoms with Crippen molar-refractivity contribution in [3.05, 3.63) is 225 Å². The summed E-state index contributed by atoms with van der Waals surface area (Å²) >= 11 is 1.76. The van der Waals surface area contributed by atoms with E-state index in [0.717, 1.165) is 93.0 Å². The number of para-hydroxylation sites is 3. The number of hydrogen-bond acceptors (Lipinski definition) is 7. The van der Waals surface area contributed by atoms with Gasteiger partial charge in [0, 0.05) is 95.8 Å². The van der Waals surface area contributed by atoms with Crippen molar-refractivity contribution in [3.63, 3.8) is 0 Å². The van der Waals surface area contributed by atoms with Crippen molar-refractivity contribution in [2.75, 3.05) is 0 Å². The standard InChI is InChI=1S/C60H37N7S/c1-2-13-41(14-3-1)58-64-59(66-60(65-58)43-15-10-18-46(35-43)67-51-23-8-5-19-47(51)48-20-6-9-24-52(48)67)42-31-27-39(28-32-42)38-25-29-40(30-26-38)55-57-54(49-21-4-7-22-50(49)63-55)53(44-16-11-33-61-36-44)56(68-57)45-17-12-34-62-37-45/h1-37H. The first-order valence-electron chi connectivity index (χ1n) is 22.5. The van der Waals surface area contributed by atoms with Crippen molar-refractivity contribution in [2.24, 2.45) is 0 Å². The molecule has 68 heavy (non-hydrogen) atoms. The molecule has 0 bridgehead atoms. The Kier molecular flexibility index (Phi) is 9.54. The molecule has 0 radical (unpaired) electrons. The SMILES string of the molecule is c1ccc(-c2nc(-c3ccc(-c4ccc(-c5nc6ccccc6c6c(-c7cccnc7)c(-c7cccnc7)sc56)cc4)cc3)nc(-c3cccc(-n4c5ccccc5c5ccccc54)c3)n2)cc1. The second kappa shape index (κ2) is 16.5. The predicted molar refractivity (Wildman–Crippen MR) is 278 cm³/mol. The van der Waals surface area contributed by atoms with Crippen LogP contribution >= 0.6 is 11.3 Å². The number of rotatable bonds is 8. The molecule has 0 saturated carbocycles. The predicted octanol–water partition coefficient (Wildman–Crippen LogP) is 15.2. The zero-order valence-corrected chi connectivity index (χ0v) is 37.2. The molecule has 318 valence electrons. The fraction of sp³-hybridized carbons (Fsp3) is 0. The van der Waals surface area contributed by atoms with Crippen molar-refractivity contribution in [3.8, 4) is 83.8 Å². The summed E-state index contributed by atoms with van der Waals surface area (Å²) in [6.45, 7) is 0. The maximum atomic E-state index is 5.32. The average Bonchev–Trinajstić information content (AvgIpc) is 3.99. The van der Waals surface area contributed by atoms with Gasteiger partial charge >= 0.3 is 0 Å². The monoisotopic (exact) mass is 887 g/mol. The number of pyridine rings is 3.